The second kappa shape index (κ2) is 4.53. The molecule has 1 fully saturated rings. The topological polar surface area (TPSA) is 30.5 Å². The molecule has 1 saturated heterocycles. The van der Waals surface area contributed by atoms with Gasteiger partial charge in [0.15, 0.2) is 11.5 Å². The summed E-state index contributed by atoms with van der Waals surface area (Å²) in [6, 6.07) is 3.12. The number of fused-ring (bicyclic) bond motifs is 1. The zero-order chi connectivity index (χ0) is 11.7. The van der Waals surface area contributed by atoms with E-state index in [1.807, 2.05) is 0 Å². The minimum atomic E-state index is -0.173. The van der Waals surface area contributed by atoms with E-state index in [2.05, 4.69) is 5.32 Å². The van der Waals surface area contributed by atoms with E-state index in [0.29, 0.717) is 23.0 Å². The van der Waals surface area contributed by atoms with Gasteiger partial charge in [-0.3, -0.25) is 0 Å². The van der Waals surface area contributed by atoms with Crippen molar-refractivity contribution in [1.82, 2.24) is 5.32 Å². The van der Waals surface area contributed by atoms with E-state index in [9.17, 15) is 4.39 Å². The van der Waals surface area contributed by atoms with Gasteiger partial charge in [-0.25, -0.2) is 4.39 Å². The zero-order valence-electron chi connectivity index (χ0n) is 9.67. The Morgan fingerprint density at radius 1 is 1.24 bits per heavy atom. The normalized spacial score (nSPS) is 19.6. The lowest BCUT2D eigenvalue weighted by Gasteiger charge is -2.23. The number of hydrogen-bond acceptors (Lipinski definition) is 3. The fourth-order valence-electron chi connectivity index (χ4n) is 2.57. The minimum Gasteiger partial charge on any atom is -0.454 e. The Balaban J connectivity index is 1.84. The largest absolute Gasteiger partial charge is 0.454 e. The summed E-state index contributed by atoms with van der Waals surface area (Å²) in [5, 5.41) is 3.32. The molecule has 92 valence electrons. The SMILES string of the molecule is Fc1ccc2c(c1CC1CCNCC1)OCO2. The van der Waals surface area contributed by atoms with Crippen molar-refractivity contribution in [3.63, 3.8) is 0 Å². The summed E-state index contributed by atoms with van der Waals surface area (Å²) in [6.07, 6.45) is 2.95. The van der Waals surface area contributed by atoms with Crippen LogP contribution in [0.25, 0.3) is 0 Å². The summed E-state index contributed by atoms with van der Waals surface area (Å²) in [6.45, 7) is 2.26. The predicted octanol–water partition coefficient (Wildman–Crippen LogP) is 2.10. The molecule has 2 heterocycles. The molecule has 0 unspecified atom stereocenters. The summed E-state index contributed by atoms with van der Waals surface area (Å²) < 4.78 is 24.5. The van der Waals surface area contributed by atoms with Gasteiger partial charge in [0.25, 0.3) is 0 Å². The van der Waals surface area contributed by atoms with Crippen LogP contribution in [0.3, 0.4) is 0 Å². The molecule has 0 atom stereocenters. The van der Waals surface area contributed by atoms with Crippen molar-refractivity contribution >= 4 is 0 Å². The van der Waals surface area contributed by atoms with Crippen LogP contribution < -0.4 is 14.8 Å². The fourth-order valence-corrected chi connectivity index (χ4v) is 2.57. The average molecular weight is 237 g/mol. The molecular formula is C13H16FNO2. The Hall–Kier alpha value is -1.29. The molecule has 4 heteroatoms. The monoisotopic (exact) mass is 237 g/mol. The standard InChI is InChI=1S/C13H16FNO2/c14-11-1-2-12-13(17-8-16-12)10(11)7-9-3-5-15-6-4-9/h1-2,9,15H,3-8H2. The van der Waals surface area contributed by atoms with Crippen molar-refractivity contribution in [3.05, 3.63) is 23.5 Å². The summed E-state index contributed by atoms with van der Waals surface area (Å²) in [4.78, 5) is 0. The molecule has 0 radical (unpaired) electrons. The summed E-state index contributed by atoms with van der Waals surface area (Å²) >= 11 is 0. The molecule has 17 heavy (non-hydrogen) atoms. The maximum Gasteiger partial charge on any atom is 0.231 e. The molecule has 3 rings (SSSR count). The van der Waals surface area contributed by atoms with Crippen LogP contribution in [0.5, 0.6) is 11.5 Å². The second-order valence-corrected chi connectivity index (χ2v) is 4.66. The maximum absolute atomic E-state index is 13.8. The quantitative estimate of drug-likeness (QED) is 0.854. The number of piperidine rings is 1. The fraction of sp³-hybridized carbons (Fsp3) is 0.538. The van der Waals surface area contributed by atoms with Crippen molar-refractivity contribution < 1.29 is 13.9 Å². The lowest BCUT2D eigenvalue weighted by molar-refractivity contribution is 0.172. The number of hydrogen-bond donors (Lipinski definition) is 1. The Kier molecular flexibility index (Phi) is 2.89. The lowest BCUT2D eigenvalue weighted by Crippen LogP contribution is -2.28. The number of rotatable bonds is 2. The summed E-state index contributed by atoms with van der Waals surface area (Å²) in [7, 11) is 0. The van der Waals surface area contributed by atoms with E-state index in [1.54, 1.807) is 6.07 Å². The number of halogens is 1. The van der Waals surface area contributed by atoms with Crippen LogP contribution in [-0.4, -0.2) is 19.9 Å². The van der Waals surface area contributed by atoms with Crippen molar-refractivity contribution in [2.75, 3.05) is 19.9 Å². The molecule has 3 nitrogen and oxygen atoms in total. The summed E-state index contributed by atoms with van der Waals surface area (Å²) in [5.74, 6) is 1.66. The number of benzene rings is 1. The van der Waals surface area contributed by atoms with Gasteiger partial charge < -0.3 is 14.8 Å². The van der Waals surface area contributed by atoms with Gasteiger partial charge in [0.05, 0.1) is 0 Å². The highest BCUT2D eigenvalue weighted by molar-refractivity contribution is 5.49. The van der Waals surface area contributed by atoms with Gasteiger partial charge >= 0.3 is 0 Å². The average Bonchev–Trinajstić information content (AvgIpc) is 2.83. The minimum absolute atomic E-state index is 0.173. The first-order chi connectivity index (χ1) is 8.34. The lowest BCUT2D eigenvalue weighted by atomic mass is 9.90. The van der Waals surface area contributed by atoms with Gasteiger partial charge in [-0.15, -0.1) is 0 Å². The van der Waals surface area contributed by atoms with Crippen LogP contribution in [-0.2, 0) is 6.42 Å². The second-order valence-electron chi connectivity index (χ2n) is 4.66. The van der Waals surface area contributed by atoms with Gasteiger partial charge in [-0.2, -0.15) is 0 Å². The molecular weight excluding hydrogens is 221 g/mol. The number of ether oxygens (including phenoxy) is 2. The van der Waals surface area contributed by atoms with E-state index < -0.39 is 0 Å². The molecule has 1 aromatic rings. The molecule has 0 bridgehead atoms. The highest BCUT2D eigenvalue weighted by Crippen LogP contribution is 2.38. The molecule has 2 aliphatic rings. The van der Waals surface area contributed by atoms with Crippen molar-refractivity contribution in [3.8, 4) is 11.5 Å². The van der Waals surface area contributed by atoms with Crippen LogP contribution in [0.4, 0.5) is 4.39 Å². The maximum atomic E-state index is 13.8. The highest BCUT2D eigenvalue weighted by atomic mass is 19.1. The molecule has 0 amide bonds. The molecule has 1 N–H and O–H groups in total. The van der Waals surface area contributed by atoms with Crippen LogP contribution in [0, 0.1) is 11.7 Å². The van der Waals surface area contributed by atoms with Crippen LogP contribution in [0.15, 0.2) is 12.1 Å². The van der Waals surface area contributed by atoms with Gasteiger partial charge in [0.2, 0.25) is 6.79 Å². The third-order valence-electron chi connectivity index (χ3n) is 3.54. The summed E-state index contributed by atoms with van der Waals surface area (Å²) in [5.41, 5.74) is 0.687. The Morgan fingerprint density at radius 2 is 2.06 bits per heavy atom. The third-order valence-corrected chi connectivity index (χ3v) is 3.54. The first kappa shape index (κ1) is 10.8. The molecule has 2 aliphatic heterocycles. The van der Waals surface area contributed by atoms with E-state index in [0.717, 1.165) is 32.4 Å². The Labute approximate surface area is 99.9 Å². The molecule has 1 aromatic carbocycles. The van der Waals surface area contributed by atoms with Crippen molar-refractivity contribution in [1.29, 1.82) is 0 Å². The molecule has 0 aromatic heterocycles. The van der Waals surface area contributed by atoms with Crippen molar-refractivity contribution in [2.45, 2.75) is 19.3 Å². The number of nitrogens with one attached hydrogen (secondary N) is 1. The smallest absolute Gasteiger partial charge is 0.231 e. The highest BCUT2D eigenvalue weighted by Gasteiger charge is 2.24. The van der Waals surface area contributed by atoms with E-state index in [4.69, 9.17) is 9.47 Å². The predicted molar refractivity (Wildman–Crippen MR) is 61.8 cm³/mol. The molecule has 0 spiro atoms. The van der Waals surface area contributed by atoms with Gasteiger partial charge in [-0.05, 0) is 50.4 Å². The van der Waals surface area contributed by atoms with E-state index >= 15 is 0 Å². The van der Waals surface area contributed by atoms with Crippen LogP contribution >= 0.6 is 0 Å². The Bertz CT molecular complexity index is 416. The Morgan fingerprint density at radius 3 is 2.88 bits per heavy atom. The van der Waals surface area contributed by atoms with Gasteiger partial charge in [0, 0.05) is 5.56 Å². The van der Waals surface area contributed by atoms with Crippen LogP contribution in [0.1, 0.15) is 18.4 Å². The van der Waals surface area contributed by atoms with Crippen LogP contribution in [0.2, 0.25) is 0 Å². The first-order valence-electron chi connectivity index (χ1n) is 6.12. The zero-order valence-corrected chi connectivity index (χ0v) is 9.67. The third kappa shape index (κ3) is 2.09. The molecule has 0 saturated carbocycles. The van der Waals surface area contributed by atoms with Gasteiger partial charge in [-0.1, -0.05) is 0 Å². The van der Waals surface area contributed by atoms with E-state index in [1.165, 1.54) is 6.07 Å². The van der Waals surface area contributed by atoms with Gasteiger partial charge in [0.1, 0.15) is 5.82 Å². The first-order valence-corrected chi connectivity index (χ1v) is 6.12. The molecule has 0 aliphatic carbocycles. The van der Waals surface area contributed by atoms with Crippen molar-refractivity contribution in [2.24, 2.45) is 5.92 Å². The van der Waals surface area contributed by atoms with E-state index in [-0.39, 0.29) is 12.6 Å².